The van der Waals surface area contributed by atoms with Gasteiger partial charge in [-0.05, 0) is 29.7 Å². The van der Waals surface area contributed by atoms with Crippen molar-refractivity contribution in [3.05, 3.63) is 0 Å². The number of rotatable bonds is 5. The number of hydrogen-bond acceptors (Lipinski definition) is 3. The Morgan fingerprint density at radius 2 is 1.88 bits per heavy atom. The summed E-state index contributed by atoms with van der Waals surface area (Å²) in [4.78, 5) is 0. The molecule has 1 unspecified atom stereocenters. The highest BCUT2D eigenvalue weighted by molar-refractivity contribution is 5.85. The largest absolute Gasteiger partial charge is 0.409 e. The molecular formula is C12H25N3O. The van der Waals surface area contributed by atoms with Crippen molar-refractivity contribution >= 4 is 5.84 Å². The number of nitrogens with zero attached hydrogens (tertiary/aromatic N) is 1. The van der Waals surface area contributed by atoms with Crippen LogP contribution in [0.4, 0.5) is 0 Å². The quantitative estimate of drug-likeness (QED) is 0.290. The minimum Gasteiger partial charge on any atom is -0.409 e. The lowest BCUT2D eigenvalue weighted by Crippen LogP contribution is -2.42. The van der Waals surface area contributed by atoms with Gasteiger partial charge in [0.2, 0.25) is 0 Å². The highest BCUT2D eigenvalue weighted by Crippen LogP contribution is 2.67. The van der Waals surface area contributed by atoms with E-state index < -0.39 is 0 Å². The first kappa shape index (κ1) is 13.3. The highest BCUT2D eigenvalue weighted by atomic mass is 16.4. The van der Waals surface area contributed by atoms with Crippen LogP contribution in [0.2, 0.25) is 0 Å². The van der Waals surface area contributed by atoms with Crippen molar-refractivity contribution in [1.82, 2.24) is 5.32 Å². The van der Waals surface area contributed by atoms with E-state index in [0.717, 1.165) is 13.0 Å². The average molecular weight is 227 g/mol. The normalized spacial score (nSPS) is 25.4. The van der Waals surface area contributed by atoms with Crippen LogP contribution in [0, 0.1) is 16.7 Å². The minimum atomic E-state index is -0.0165. The van der Waals surface area contributed by atoms with Gasteiger partial charge in [-0.3, -0.25) is 0 Å². The standard InChI is InChI=1S/C12H25N3O/c1-6-8(10(13)15-16)14-7-9-11(2,3)12(9,4)5/h8-9,14,16H,6-7H2,1-5H3,(H2,13,15). The Balaban J connectivity index is 2.48. The molecule has 0 saturated heterocycles. The summed E-state index contributed by atoms with van der Waals surface area (Å²) < 4.78 is 0. The van der Waals surface area contributed by atoms with E-state index in [1.165, 1.54) is 0 Å². The number of nitrogens with one attached hydrogen (secondary N) is 1. The molecule has 0 aliphatic heterocycles. The van der Waals surface area contributed by atoms with E-state index >= 15 is 0 Å². The SMILES string of the molecule is CCC(NCC1C(C)(C)C1(C)C)C(N)=NO. The van der Waals surface area contributed by atoms with Crippen molar-refractivity contribution in [2.24, 2.45) is 27.6 Å². The molecule has 1 atom stereocenters. The van der Waals surface area contributed by atoms with E-state index in [0.29, 0.717) is 16.7 Å². The fourth-order valence-corrected chi connectivity index (χ4v) is 2.63. The van der Waals surface area contributed by atoms with Crippen molar-refractivity contribution in [3.8, 4) is 0 Å². The molecule has 4 heteroatoms. The van der Waals surface area contributed by atoms with Gasteiger partial charge in [0.05, 0.1) is 6.04 Å². The van der Waals surface area contributed by atoms with E-state index in [-0.39, 0.29) is 11.9 Å². The van der Waals surface area contributed by atoms with Gasteiger partial charge in [-0.2, -0.15) is 0 Å². The topological polar surface area (TPSA) is 70.6 Å². The second kappa shape index (κ2) is 4.24. The smallest absolute Gasteiger partial charge is 0.156 e. The molecule has 0 aromatic heterocycles. The second-order valence-corrected chi connectivity index (χ2v) is 5.89. The Morgan fingerprint density at radius 1 is 1.38 bits per heavy atom. The van der Waals surface area contributed by atoms with Gasteiger partial charge in [0.25, 0.3) is 0 Å². The molecule has 94 valence electrons. The molecule has 0 amide bonds. The first-order chi connectivity index (χ1) is 7.29. The summed E-state index contributed by atoms with van der Waals surface area (Å²) in [6.07, 6.45) is 0.837. The molecule has 1 rings (SSSR count). The summed E-state index contributed by atoms with van der Waals surface area (Å²) in [6.45, 7) is 12.1. The van der Waals surface area contributed by atoms with Gasteiger partial charge in [0.1, 0.15) is 0 Å². The molecular weight excluding hydrogens is 202 g/mol. The van der Waals surface area contributed by atoms with Crippen LogP contribution in [0.25, 0.3) is 0 Å². The maximum absolute atomic E-state index is 8.65. The fraction of sp³-hybridized carbons (Fsp3) is 0.917. The fourth-order valence-electron chi connectivity index (χ4n) is 2.63. The first-order valence-corrected chi connectivity index (χ1v) is 5.99. The lowest BCUT2D eigenvalue weighted by Gasteiger charge is -2.15. The Bertz CT molecular complexity index is 270. The maximum atomic E-state index is 8.65. The third kappa shape index (κ3) is 2.03. The summed E-state index contributed by atoms with van der Waals surface area (Å²) in [5, 5.41) is 15.1. The Hall–Kier alpha value is -0.770. The van der Waals surface area contributed by atoms with Crippen LogP contribution in [0.15, 0.2) is 5.16 Å². The number of oxime groups is 1. The summed E-state index contributed by atoms with van der Waals surface area (Å²) >= 11 is 0. The third-order valence-electron chi connectivity index (χ3n) is 4.77. The summed E-state index contributed by atoms with van der Waals surface area (Å²) in [6, 6.07) is -0.0165. The molecule has 1 aliphatic carbocycles. The predicted octanol–water partition coefficient (Wildman–Crippen LogP) is 1.78. The Morgan fingerprint density at radius 3 is 2.19 bits per heavy atom. The first-order valence-electron chi connectivity index (χ1n) is 5.99. The molecule has 0 spiro atoms. The lowest BCUT2D eigenvalue weighted by atomic mass is 10.0. The van der Waals surface area contributed by atoms with Gasteiger partial charge in [-0.1, -0.05) is 39.8 Å². The Kier molecular flexibility index (Phi) is 3.53. The maximum Gasteiger partial charge on any atom is 0.156 e. The molecule has 1 saturated carbocycles. The van der Waals surface area contributed by atoms with Crippen LogP contribution in [0.3, 0.4) is 0 Å². The van der Waals surface area contributed by atoms with Gasteiger partial charge in [0, 0.05) is 0 Å². The zero-order valence-electron chi connectivity index (χ0n) is 11.0. The van der Waals surface area contributed by atoms with Crippen LogP contribution in [0.1, 0.15) is 41.0 Å². The van der Waals surface area contributed by atoms with E-state index in [9.17, 15) is 0 Å². The van der Waals surface area contributed by atoms with E-state index in [1.54, 1.807) is 0 Å². The number of amidine groups is 1. The molecule has 1 aliphatic rings. The number of hydrogen-bond donors (Lipinski definition) is 3. The summed E-state index contributed by atoms with van der Waals surface area (Å²) in [5.41, 5.74) is 6.36. The molecule has 0 heterocycles. The molecule has 4 N–H and O–H groups in total. The Labute approximate surface area is 98.3 Å². The van der Waals surface area contributed by atoms with Crippen molar-refractivity contribution < 1.29 is 5.21 Å². The molecule has 4 nitrogen and oxygen atoms in total. The molecule has 0 aromatic carbocycles. The van der Waals surface area contributed by atoms with Crippen LogP contribution >= 0.6 is 0 Å². The number of nitrogens with two attached hydrogens (primary N) is 1. The molecule has 1 fully saturated rings. The molecule has 16 heavy (non-hydrogen) atoms. The van der Waals surface area contributed by atoms with Crippen molar-refractivity contribution in [2.45, 2.75) is 47.1 Å². The average Bonchev–Trinajstić information content (AvgIpc) is 2.60. The van der Waals surface area contributed by atoms with Gasteiger partial charge < -0.3 is 16.3 Å². The van der Waals surface area contributed by atoms with Crippen LogP contribution < -0.4 is 11.1 Å². The van der Waals surface area contributed by atoms with Crippen LogP contribution in [-0.4, -0.2) is 23.6 Å². The minimum absolute atomic E-state index is 0.0165. The van der Waals surface area contributed by atoms with Crippen molar-refractivity contribution in [3.63, 3.8) is 0 Å². The van der Waals surface area contributed by atoms with E-state index in [2.05, 4.69) is 38.2 Å². The molecule has 0 radical (unpaired) electrons. The van der Waals surface area contributed by atoms with Crippen molar-refractivity contribution in [1.29, 1.82) is 0 Å². The summed E-state index contributed by atoms with van der Waals surface area (Å²) in [5.74, 6) is 0.930. The summed E-state index contributed by atoms with van der Waals surface area (Å²) in [7, 11) is 0. The van der Waals surface area contributed by atoms with Gasteiger partial charge in [-0.25, -0.2) is 0 Å². The van der Waals surface area contributed by atoms with E-state index in [4.69, 9.17) is 10.9 Å². The van der Waals surface area contributed by atoms with Crippen LogP contribution in [0.5, 0.6) is 0 Å². The third-order valence-corrected chi connectivity index (χ3v) is 4.77. The lowest BCUT2D eigenvalue weighted by molar-refractivity contribution is 0.314. The van der Waals surface area contributed by atoms with Crippen LogP contribution in [-0.2, 0) is 0 Å². The molecule has 0 aromatic rings. The zero-order chi connectivity index (χ0) is 12.6. The monoisotopic (exact) mass is 227 g/mol. The van der Waals surface area contributed by atoms with E-state index in [1.807, 2.05) is 6.92 Å². The van der Waals surface area contributed by atoms with Crippen molar-refractivity contribution in [2.75, 3.05) is 6.54 Å². The second-order valence-electron chi connectivity index (χ2n) is 5.89. The van der Waals surface area contributed by atoms with Gasteiger partial charge >= 0.3 is 0 Å². The van der Waals surface area contributed by atoms with Gasteiger partial charge in [0.15, 0.2) is 5.84 Å². The highest BCUT2D eigenvalue weighted by Gasteiger charge is 2.63. The predicted molar refractivity (Wildman–Crippen MR) is 66.5 cm³/mol. The zero-order valence-corrected chi connectivity index (χ0v) is 11.0. The van der Waals surface area contributed by atoms with Gasteiger partial charge in [-0.15, -0.1) is 0 Å². The molecule has 0 bridgehead atoms.